The Morgan fingerprint density at radius 2 is 1.58 bits per heavy atom. The van der Waals surface area contributed by atoms with Crippen molar-refractivity contribution in [2.45, 2.75) is 96.1 Å². The fourth-order valence-electron chi connectivity index (χ4n) is 8.78. The number of rotatable bonds is 1. The quantitative estimate of drug-likeness (QED) is 0.637. The van der Waals surface area contributed by atoms with Crippen molar-refractivity contribution in [3.8, 4) is 0 Å². The van der Waals surface area contributed by atoms with E-state index in [0.717, 1.165) is 29.7 Å². The molecule has 0 amide bonds. The van der Waals surface area contributed by atoms with Gasteiger partial charge in [0.25, 0.3) is 0 Å². The van der Waals surface area contributed by atoms with Crippen LogP contribution in [0.5, 0.6) is 0 Å². The van der Waals surface area contributed by atoms with E-state index in [9.17, 15) is 0 Å². The minimum absolute atomic E-state index is 0.509. The van der Waals surface area contributed by atoms with Gasteiger partial charge in [-0.1, -0.05) is 6.92 Å². The van der Waals surface area contributed by atoms with Gasteiger partial charge in [-0.3, -0.25) is 0 Å². The van der Waals surface area contributed by atoms with Crippen molar-refractivity contribution in [2.24, 2.45) is 29.1 Å². The van der Waals surface area contributed by atoms with E-state index in [4.69, 9.17) is 0 Å². The first-order chi connectivity index (χ1) is 12.5. The van der Waals surface area contributed by atoms with Gasteiger partial charge >= 0.3 is 0 Å². The maximum Gasteiger partial charge on any atom is 0.0209 e. The molecule has 3 aliphatic carbocycles. The van der Waals surface area contributed by atoms with E-state index in [-0.39, 0.29) is 0 Å². The van der Waals surface area contributed by atoms with Crippen LogP contribution < -0.4 is 0 Å². The third kappa shape index (κ3) is 2.57. The number of piperidine rings is 1. The molecule has 0 aromatic heterocycles. The second kappa shape index (κ2) is 6.48. The summed E-state index contributed by atoms with van der Waals surface area (Å²) in [6.45, 7) is 9.48. The standard InChI is InChI=1S/C24H42N2/c1-23-12-10-19(26-15-4-5-16-26)17-18(23)8-9-20-21(23)11-13-24(2)22(20)7-6-14-25(24)3/h18-22H,4-17H2,1-3H3/t18-,19+,20+,21-,22-,23+,24-/m0/s1. The van der Waals surface area contributed by atoms with Crippen LogP contribution in [0.15, 0.2) is 0 Å². The molecule has 0 spiro atoms. The topological polar surface area (TPSA) is 6.48 Å². The predicted octanol–water partition coefficient (Wildman–Crippen LogP) is 5.18. The molecule has 26 heavy (non-hydrogen) atoms. The summed E-state index contributed by atoms with van der Waals surface area (Å²) in [4.78, 5) is 5.61. The normalized spacial score (nSPS) is 53.0. The van der Waals surface area contributed by atoms with Crippen LogP contribution in [0.1, 0.15) is 84.5 Å². The van der Waals surface area contributed by atoms with Crippen molar-refractivity contribution < 1.29 is 0 Å². The van der Waals surface area contributed by atoms with Gasteiger partial charge in [-0.2, -0.15) is 0 Å². The first-order valence-electron chi connectivity index (χ1n) is 12.0. The van der Waals surface area contributed by atoms with Crippen LogP contribution in [0.2, 0.25) is 0 Å². The molecule has 5 aliphatic rings. The molecule has 5 fully saturated rings. The van der Waals surface area contributed by atoms with Gasteiger partial charge in [-0.25, -0.2) is 0 Å². The average Bonchev–Trinajstić information content (AvgIpc) is 3.16. The molecule has 2 nitrogen and oxygen atoms in total. The molecule has 2 heterocycles. The Morgan fingerprint density at radius 1 is 0.769 bits per heavy atom. The van der Waals surface area contributed by atoms with E-state index in [1.807, 2.05) is 0 Å². The van der Waals surface area contributed by atoms with E-state index < -0.39 is 0 Å². The van der Waals surface area contributed by atoms with Crippen LogP contribution in [0.25, 0.3) is 0 Å². The lowest BCUT2D eigenvalue weighted by molar-refractivity contribution is -0.140. The Bertz CT molecular complexity index is 526. The van der Waals surface area contributed by atoms with E-state index in [1.54, 1.807) is 6.42 Å². The molecule has 2 saturated heterocycles. The second-order valence-corrected chi connectivity index (χ2v) is 11.3. The average molecular weight is 359 g/mol. The summed E-state index contributed by atoms with van der Waals surface area (Å²) in [5, 5.41) is 0. The molecule has 0 aromatic rings. The van der Waals surface area contributed by atoms with Gasteiger partial charge in [0, 0.05) is 11.6 Å². The highest BCUT2D eigenvalue weighted by molar-refractivity contribution is 5.10. The highest BCUT2D eigenvalue weighted by Gasteiger charge is 2.58. The Morgan fingerprint density at radius 3 is 2.38 bits per heavy atom. The van der Waals surface area contributed by atoms with Crippen LogP contribution >= 0.6 is 0 Å². The summed E-state index contributed by atoms with van der Waals surface area (Å²) in [6.07, 6.45) is 16.5. The van der Waals surface area contributed by atoms with Crippen LogP contribution in [-0.2, 0) is 0 Å². The van der Waals surface area contributed by atoms with Gasteiger partial charge in [0.05, 0.1) is 0 Å². The zero-order valence-corrected chi connectivity index (χ0v) is 17.7. The Hall–Kier alpha value is -0.0800. The second-order valence-electron chi connectivity index (χ2n) is 11.3. The molecule has 0 N–H and O–H groups in total. The van der Waals surface area contributed by atoms with Crippen molar-refractivity contribution in [1.29, 1.82) is 0 Å². The van der Waals surface area contributed by atoms with Crippen LogP contribution in [0.4, 0.5) is 0 Å². The van der Waals surface area contributed by atoms with Crippen LogP contribution in [-0.4, -0.2) is 48.1 Å². The number of likely N-dealkylation sites (tertiary alicyclic amines) is 2. The zero-order valence-electron chi connectivity index (χ0n) is 17.7. The van der Waals surface area contributed by atoms with E-state index in [2.05, 4.69) is 30.7 Å². The summed E-state index contributed by atoms with van der Waals surface area (Å²) in [6, 6.07) is 0.932. The van der Waals surface area contributed by atoms with Crippen molar-refractivity contribution in [3.05, 3.63) is 0 Å². The van der Waals surface area contributed by atoms with Gasteiger partial charge in [0.15, 0.2) is 0 Å². The number of fused-ring (bicyclic) bond motifs is 5. The molecule has 3 saturated carbocycles. The summed E-state index contributed by atoms with van der Waals surface area (Å²) >= 11 is 0. The SMILES string of the molecule is CN1CCC[C@H]2[C@@H]3CC[C@H]4C[C@H](N5CCCC5)CC[C@@]4(C)[C@H]3CC[C@@]21C. The molecule has 148 valence electrons. The molecular formula is C24H42N2. The third-order valence-corrected chi connectivity index (χ3v) is 10.5. The first kappa shape index (κ1) is 18.0. The van der Waals surface area contributed by atoms with Crippen LogP contribution in [0.3, 0.4) is 0 Å². The smallest absolute Gasteiger partial charge is 0.0209 e. The van der Waals surface area contributed by atoms with Gasteiger partial charge in [0.1, 0.15) is 0 Å². The predicted molar refractivity (Wildman–Crippen MR) is 109 cm³/mol. The van der Waals surface area contributed by atoms with Crippen LogP contribution in [0, 0.1) is 29.1 Å². The first-order valence-corrected chi connectivity index (χ1v) is 12.0. The van der Waals surface area contributed by atoms with E-state index in [0.29, 0.717) is 11.0 Å². The molecule has 0 unspecified atom stereocenters. The molecular weight excluding hydrogens is 316 g/mol. The number of hydrogen-bond donors (Lipinski definition) is 0. The van der Waals surface area contributed by atoms with Crippen molar-refractivity contribution >= 4 is 0 Å². The Balaban J connectivity index is 1.35. The lowest BCUT2D eigenvalue weighted by Gasteiger charge is -2.64. The third-order valence-electron chi connectivity index (χ3n) is 10.5. The van der Waals surface area contributed by atoms with Crippen molar-refractivity contribution in [1.82, 2.24) is 9.80 Å². The largest absolute Gasteiger partial charge is 0.301 e. The Labute approximate surface area is 162 Å². The summed E-state index contributed by atoms with van der Waals surface area (Å²) in [7, 11) is 2.42. The van der Waals surface area contributed by atoms with Gasteiger partial charge in [-0.15, -0.1) is 0 Å². The minimum atomic E-state index is 0.509. The van der Waals surface area contributed by atoms with Gasteiger partial charge in [-0.05, 0) is 133 Å². The summed E-state index contributed by atoms with van der Waals surface area (Å²) in [5.74, 6) is 4.06. The fourth-order valence-corrected chi connectivity index (χ4v) is 8.78. The lowest BCUT2D eigenvalue weighted by atomic mass is 9.45. The number of nitrogens with zero attached hydrogens (tertiary/aromatic N) is 2. The van der Waals surface area contributed by atoms with Gasteiger partial charge in [0.2, 0.25) is 0 Å². The zero-order chi connectivity index (χ0) is 17.9. The number of hydrogen-bond acceptors (Lipinski definition) is 2. The van der Waals surface area contributed by atoms with Gasteiger partial charge < -0.3 is 9.80 Å². The molecule has 2 aliphatic heterocycles. The molecule has 0 aromatic carbocycles. The molecule has 2 heteroatoms. The summed E-state index contributed by atoms with van der Waals surface area (Å²) in [5.41, 5.74) is 1.17. The maximum atomic E-state index is 2.86. The fraction of sp³-hybridized carbons (Fsp3) is 1.00. The molecule has 5 rings (SSSR count). The van der Waals surface area contributed by atoms with Crippen molar-refractivity contribution in [3.63, 3.8) is 0 Å². The summed E-state index contributed by atoms with van der Waals surface area (Å²) < 4.78 is 0. The highest BCUT2D eigenvalue weighted by atomic mass is 15.2. The lowest BCUT2D eigenvalue weighted by Crippen LogP contribution is -2.63. The Kier molecular flexibility index (Phi) is 4.48. The van der Waals surface area contributed by atoms with E-state index in [1.165, 1.54) is 83.8 Å². The molecule has 0 bridgehead atoms. The van der Waals surface area contributed by atoms with Crippen molar-refractivity contribution in [2.75, 3.05) is 26.7 Å². The minimum Gasteiger partial charge on any atom is -0.301 e. The highest BCUT2D eigenvalue weighted by Crippen LogP contribution is 2.63. The monoisotopic (exact) mass is 358 g/mol. The molecule has 7 atom stereocenters. The maximum absolute atomic E-state index is 2.86. The molecule has 0 radical (unpaired) electrons. The van der Waals surface area contributed by atoms with E-state index >= 15 is 0 Å².